The van der Waals surface area contributed by atoms with Crippen molar-refractivity contribution in [3.05, 3.63) is 145 Å². The van der Waals surface area contributed by atoms with Crippen molar-refractivity contribution in [1.29, 1.82) is 0 Å². The van der Waals surface area contributed by atoms with Crippen molar-refractivity contribution in [3.63, 3.8) is 0 Å². The molecule has 0 radical (unpaired) electrons. The number of hydrogen-bond acceptors (Lipinski definition) is 0. The number of fused-ring (bicyclic) bond motifs is 3. The third-order valence-electron chi connectivity index (χ3n) is 11.7. The molecule has 6 rings (SSSR count). The Bertz CT molecular complexity index is 2200. The smallest absolute Gasteiger partial charge is 0.000468 e. The minimum absolute atomic E-state index is 0.0674. The minimum atomic E-state index is -0.141. The molecule has 0 nitrogen and oxygen atoms in total. The summed E-state index contributed by atoms with van der Waals surface area (Å²) < 4.78 is 0. The highest BCUT2D eigenvalue weighted by Gasteiger charge is 2.35. The van der Waals surface area contributed by atoms with Crippen molar-refractivity contribution >= 4 is 17.2 Å². The largest absolute Gasteiger partial charge is 0.0732 e. The Morgan fingerprint density at radius 2 is 0.981 bits per heavy atom. The summed E-state index contributed by atoms with van der Waals surface area (Å²) in [6.45, 7) is 40.0. The highest BCUT2D eigenvalue weighted by Crippen LogP contribution is 2.47. The molecule has 0 heteroatoms. The molecular weight excluding hydrogens is 637 g/mol. The summed E-state index contributed by atoms with van der Waals surface area (Å²) in [4.78, 5) is 0. The van der Waals surface area contributed by atoms with Crippen LogP contribution < -0.4 is 10.4 Å². The maximum atomic E-state index is 2.57. The lowest BCUT2D eigenvalue weighted by Gasteiger charge is -2.29. The molecule has 2 aliphatic rings. The van der Waals surface area contributed by atoms with Gasteiger partial charge in [0.1, 0.15) is 0 Å². The van der Waals surface area contributed by atoms with E-state index in [-0.39, 0.29) is 27.1 Å². The molecule has 4 aromatic rings. The van der Waals surface area contributed by atoms with Gasteiger partial charge in [-0.05, 0) is 135 Å². The highest BCUT2D eigenvalue weighted by atomic mass is 14.4. The number of allylic oxidation sites excluding steroid dienone is 4. The van der Waals surface area contributed by atoms with Gasteiger partial charge in [-0.3, -0.25) is 0 Å². The highest BCUT2D eigenvalue weighted by molar-refractivity contribution is 5.93. The van der Waals surface area contributed by atoms with Crippen LogP contribution in [0.5, 0.6) is 0 Å². The fraction of sp³-hybridized carbons (Fsp3) is 0.434. The maximum absolute atomic E-state index is 2.57. The second-order valence-electron chi connectivity index (χ2n) is 21.3. The molecule has 1 unspecified atom stereocenters. The van der Waals surface area contributed by atoms with E-state index >= 15 is 0 Å². The molecule has 278 valence electrons. The summed E-state index contributed by atoms with van der Waals surface area (Å²) in [7, 11) is 0. The van der Waals surface area contributed by atoms with E-state index in [4.69, 9.17) is 0 Å². The lowest BCUT2D eigenvalue weighted by atomic mass is 9.74. The van der Waals surface area contributed by atoms with Gasteiger partial charge in [-0.25, -0.2) is 0 Å². The normalized spacial score (nSPS) is 16.4. The molecule has 0 saturated heterocycles. The van der Waals surface area contributed by atoms with Crippen LogP contribution in [0.15, 0.2) is 90.0 Å². The Balaban J connectivity index is 1.85. The molecule has 0 saturated carbocycles. The molecule has 0 heterocycles. The van der Waals surface area contributed by atoms with Crippen molar-refractivity contribution in [2.75, 3.05) is 0 Å². The Hall–Kier alpha value is -3.90. The molecular formula is C53H66. The second kappa shape index (κ2) is 12.9. The van der Waals surface area contributed by atoms with E-state index in [2.05, 4.69) is 203 Å². The lowest BCUT2D eigenvalue weighted by molar-refractivity contribution is 0.510. The van der Waals surface area contributed by atoms with E-state index < -0.39 is 0 Å². The maximum Gasteiger partial charge on any atom is 0.000468 e. The van der Waals surface area contributed by atoms with Crippen LogP contribution in [0.1, 0.15) is 162 Å². The number of rotatable bonds is 3. The predicted octanol–water partition coefficient (Wildman–Crippen LogP) is 13.3. The predicted molar refractivity (Wildman–Crippen MR) is 233 cm³/mol. The summed E-state index contributed by atoms with van der Waals surface area (Å²) >= 11 is 0. The Morgan fingerprint density at radius 3 is 1.40 bits per heavy atom. The fourth-order valence-electron chi connectivity index (χ4n) is 8.80. The van der Waals surface area contributed by atoms with E-state index in [0.717, 1.165) is 0 Å². The molecule has 0 bridgehead atoms. The van der Waals surface area contributed by atoms with Crippen LogP contribution in [0.25, 0.3) is 28.3 Å². The number of hydrogen-bond donors (Lipinski definition) is 0. The molecule has 0 aromatic heterocycles. The van der Waals surface area contributed by atoms with Gasteiger partial charge in [-0.1, -0.05) is 184 Å². The average Bonchev–Trinajstić information content (AvgIpc) is 3.55. The minimum Gasteiger partial charge on any atom is -0.0732 e. The Morgan fingerprint density at radius 1 is 0.509 bits per heavy atom. The van der Waals surface area contributed by atoms with Crippen LogP contribution in [-0.4, -0.2) is 0 Å². The van der Waals surface area contributed by atoms with Crippen LogP contribution in [0.2, 0.25) is 0 Å². The monoisotopic (exact) mass is 703 g/mol. The van der Waals surface area contributed by atoms with E-state index in [9.17, 15) is 0 Å². The molecule has 2 aliphatic carbocycles. The molecule has 53 heavy (non-hydrogen) atoms. The van der Waals surface area contributed by atoms with Crippen LogP contribution in [0.4, 0.5) is 0 Å². The van der Waals surface area contributed by atoms with Crippen molar-refractivity contribution < 1.29 is 0 Å². The van der Waals surface area contributed by atoms with Crippen LogP contribution >= 0.6 is 0 Å². The van der Waals surface area contributed by atoms with E-state index in [1.54, 1.807) is 0 Å². The summed E-state index contributed by atoms with van der Waals surface area (Å²) in [5.74, 6) is 0.313. The molecule has 1 atom stereocenters. The first-order valence-electron chi connectivity index (χ1n) is 20.0. The molecule has 0 amide bonds. The first-order chi connectivity index (χ1) is 24.3. The second-order valence-corrected chi connectivity index (χ2v) is 21.3. The van der Waals surface area contributed by atoms with Crippen LogP contribution in [0, 0.1) is 11.3 Å². The van der Waals surface area contributed by atoms with E-state index in [1.807, 2.05) is 0 Å². The fourth-order valence-corrected chi connectivity index (χ4v) is 8.80. The van der Waals surface area contributed by atoms with Gasteiger partial charge >= 0.3 is 0 Å². The third kappa shape index (κ3) is 7.21. The standard InChI is InChI=1S/C53H66/c1-32-28-44(52(12,13)14)33(2)45(32)47-42-30-36-29-39(51(9,10)11)26-27-40(36)41(42)31-43(48(47)53(15,16)17)46(34-18-22-37(23-19-34)49(3,4)5)35-20-24-38(25-21-35)50(6,7)8/h18-32H,1-17H3. The summed E-state index contributed by atoms with van der Waals surface area (Å²) in [5.41, 5.74) is 19.4. The van der Waals surface area contributed by atoms with Gasteiger partial charge in [0.25, 0.3) is 0 Å². The lowest BCUT2D eigenvalue weighted by Crippen LogP contribution is -2.33. The quantitative estimate of drug-likeness (QED) is 0.176. The van der Waals surface area contributed by atoms with Gasteiger partial charge in [-0.2, -0.15) is 0 Å². The summed E-state index contributed by atoms with van der Waals surface area (Å²) in [6, 6.07) is 28.7. The third-order valence-corrected chi connectivity index (χ3v) is 11.7. The van der Waals surface area contributed by atoms with Crippen molar-refractivity contribution in [3.8, 4) is 11.1 Å². The van der Waals surface area contributed by atoms with Crippen LogP contribution in [0.3, 0.4) is 0 Å². The summed E-state index contributed by atoms with van der Waals surface area (Å²) in [6.07, 6.45) is 5.07. The van der Waals surface area contributed by atoms with Gasteiger partial charge in [0.05, 0.1) is 0 Å². The Labute approximate surface area is 322 Å². The first kappa shape index (κ1) is 38.8. The van der Waals surface area contributed by atoms with Gasteiger partial charge in [-0.15, -0.1) is 0 Å². The zero-order chi connectivity index (χ0) is 39.2. The molecule has 0 N–H and O–H groups in total. The Kier molecular flexibility index (Phi) is 9.42. The average molecular weight is 703 g/mol. The number of benzene rings is 4. The molecule has 0 spiro atoms. The zero-order valence-electron chi connectivity index (χ0n) is 36.2. The molecule has 4 aromatic carbocycles. The van der Waals surface area contributed by atoms with Gasteiger partial charge in [0.15, 0.2) is 0 Å². The first-order valence-corrected chi connectivity index (χ1v) is 20.0. The van der Waals surface area contributed by atoms with Gasteiger partial charge in [0.2, 0.25) is 0 Å². The topological polar surface area (TPSA) is 0 Å². The van der Waals surface area contributed by atoms with Crippen molar-refractivity contribution in [1.82, 2.24) is 0 Å². The van der Waals surface area contributed by atoms with Gasteiger partial charge in [0, 0.05) is 5.92 Å². The van der Waals surface area contributed by atoms with Crippen LogP contribution in [-0.2, 0) is 21.7 Å². The van der Waals surface area contributed by atoms with Crippen molar-refractivity contribution in [2.24, 2.45) is 11.3 Å². The molecule has 0 aliphatic heterocycles. The van der Waals surface area contributed by atoms with Gasteiger partial charge < -0.3 is 0 Å². The molecule has 0 fully saturated rings. The SMILES string of the molecule is CC1=C(c2c(C(C)(C)C)c(=C(c3ccc(C(C)(C)C)cc3)c3ccc(C(C)(C)C)cc3)cc3c2=Cc2cc(C(C)(C)C)ccc2-3)C(C)C=C1C(C)(C)C. The summed E-state index contributed by atoms with van der Waals surface area (Å²) in [5, 5.41) is 2.73. The zero-order valence-corrected chi connectivity index (χ0v) is 36.2. The van der Waals surface area contributed by atoms with E-state index in [1.165, 1.54) is 88.4 Å². The van der Waals surface area contributed by atoms with Crippen molar-refractivity contribution in [2.45, 2.75) is 139 Å². The van der Waals surface area contributed by atoms with E-state index in [0.29, 0.717) is 5.92 Å².